The minimum absolute atomic E-state index is 0. The van der Waals surface area contributed by atoms with Crippen molar-refractivity contribution in [2.45, 2.75) is 32.2 Å². The van der Waals surface area contributed by atoms with Crippen molar-refractivity contribution in [2.24, 2.45) is 5.73 Å². The van der Waals surface area contributed by atoms with E-state index in [-0.39, 0.29) is 23.5 Å². The van der Waals surface area contributed by atoms with Crippen LogP contribution in [-0.4, -0.2) is 6.04 Å². The molecule has 2 N–H and O–H groups in total. The Balaban J connectivity index is 0.00000225. The van der Waals surface area contributed by atoms with Gasteiger partial charge in [0.25, 0.3) is 0 Å². The van der Waals surface area contributed by atoms with Crippen molar-refractivity contribution < 1.29 is 8.78 Å². The molecule has 16 heavy (non-hydrogen) atoms. The van der Waals surface area contributed by atoms with Gasteiger partial charge in [0.05, 0.1) is 5.02 Å². The van der Waals surface area contributed by atoms with Gasteiger partial charge >= 0.3 is 0 Å². The van der Waals surface area contributed by atoms with Crippen molar-refractivity contribution in [1.82, 2.24) is 0 Å². The Bertz CT molecular complexity index is 345. The van der Waals surface area contributed by atoms with Crippen LogP contribution in [0.1, 0.15) is 25.3 Å². The van der Waals surface area contributed by atoms with E-state index in [1.165, 1.54) is 12.1 Å². The fourth-order valence-corrected chi connectivity index (χ4v) is 1.45. The van der Waals surface area contributed by atoms with Crippen LogP contribution in [0.15, 0.2) is 12.1 Å². The molecule has 1 rings (SSSR count). The summed E-state index contributed by atoms with van der Waals surface area (Å²) in [4.78, 5) is 0. The Morgan fingerprint density at radius 1 is 1.31 bits per heavy atom. The maximum absolute atomic E-state index is 13.3. The lowest BCUT2D eigenvalue weighted by atomic mass is 10.0. The number of nitrogens with two attached hydrogens (primary N) is 1. The molecule has 0 radical (unpaired) electrons. The number of hydrogen-bond donors (Lipinski definition) is 1. The maximum atomic E-state index is 13.3. The van der Waals surface area contributed by atoms with Gasteiger partial charge in [-0.25, -0.2) is 8.78 Å². The zero-order chi connectivity index (χ0) is 11.4. The standard InChI is InChI=1S/C11H14ClF2N.ClH/c1-2-8(15)5-3-7-4-6-9(12)11(14)10(7)13;/h4,6,8H,2-3,5,15H2,1H3;1H. The first-order valence-electron chi connectivity index (χ1n) is 4.94. The summed E-state index contributed by atoms with van der Waals surface area (Å²) < 4.78 is 26.4. The lowest BCUT2D eigenvalue weighted by Crippen LogP contribution is -2.19. The molecule has 1 unspecified atom stereocenters. The van der Waals surface area contributed by atoms with Gasteiger partial charge in [-0.15, -0.1) is 12.4 Å². The van der Waals surface area contributed by atoms with Crippen molar-refractivity contribution in [3.8, 4) is 0 Å². The van der Waals surface area contributed by atoms with Crippen LogP contribution in [0.2, 0.25) is 5.02 Å². The SMILES string of the molecule is CCC(N)CCc1ccc(Cl)c(F)c1F.Cl. The fraction of sp³-hybridized carbons (Fsp3) is 0.455. The Morgan fingerprint density at radius 3 is 2.50 bits per heavy atom. The number of hydrogen-bond acceptors (Lipinski definition) is 1. The Hall–Kier alpha value is -0.380. The lowest BCUT2D eigenvalue weighted by molar-refractivity contribution is 0.492. The molecule has 1 aromatic rings. The van der Waals surface area contributed by atoms with E-state index in [4.69, 9.17) is 17.3 Å². The van der Waals surface area contributed by atoms with Gasteiger partial charge in [-0.3, -0.25) is 0 Å². The molecule has 1 nitrogen and oxygen atoms in total. The summed E-state index contributed by atoms with van der Waals surface area (Å²) in [6.45, 7) is 1.96. The van der Waals surface area contributed by atoms with Gasteiger partial charge in [0, 0.05) is 6.04 Å². The summed E-state index contributed by atoms with van der Waals surface area (Å²) in [6.07, 6.45) is 1.92. The summed E-state index contributed by atoms with van der Waals surface area (Å²) in [7, 11) is 0. The van der Waals surface area contributed by atoms with Crippen LogP contribution in [-0.2, 0) is 6.42 Å². The van der Waals surface area contributed by atoms with E-state index < -0.39 is 11.6 Å². The largest absolute Gasteiger partial charge is 0.328 e. The molecule has 1 atom stereocenters. The van der Waals surface area contributed by atoms with E-state index in [1.807, 2.05) is 6.92 Å². The number of halogens is 4. The van der Waals surface area contributed by atoms with E-state index in [2.05, 4.69) is 0 Å². The highest BCUT2D eigenvalue weighted by Crippen LogP contribution is 2.21. The second kappa shape index (κ2) is 7.05. The summed E-state index contributed by atoms with van der Waals surface area (Å²) in [5.74, 6) is -1.83. The highest BCUT2D eigenvalue weighted by atomic mass is 35.5. The molecule has 92 valence electrons. The summed E-state index contributed by atoms with van der Waals surface area (Å²) >= 11 is 5.44. The van der Waals surface area contributed by atoms with Gasteiger partial charge in [-0.1, -0.05) is 24.6 Å². The Labute approximate surface area is 105 Å². The van der Waals surface area contributed by atoms with Crippen molar-refractivity contribution in [1.29, 1.82) is 0 Å². The Kier molecular flexibility index (Phi) is 6.88. The molecule has 0 bridgehead atoms. The van der Waals surface area contributed by atoms with Crippen LogP contribution >= 0.6 is 24.0 Å². The summed E-state index contributed by atoms with van der Waals surface area (Å²) in [5, 5.41) is -0.184. The highest BCUT2D eigenvalue weighted by molar-refractivity contribution is 6.30. The van der Waals surface area contributed by atoms with E-state index in [1.54, 1.807) is 0 Å². The maximum Gasteiger partial charge on any atom is 0.177 e. The molecular weight excluding hydrogens is 255 g/mol. The van der Waals surface area contributed by atoms with Crippen molar-refractivity contribution >= 4 is 24.0 Å². The van der Waals surface area contributed by atoms with Gasteiger partial charge in [0.1, 0.15) is 0 Å². The Morgan fingerprint density at radius 2 is 1.94 bits per heavy atom. The predicted molar refractivity (Wildman–Crippen MR) is 65.2 cm³/mol. The van der Waals surface area contributed by atoms with Crippen LogP contribution in [0.4, 0.5) is 8.78 Å². The quantitative estimate of drug-likeness (QED) is 0.829. The second-order valence-electron chi connectivity index (χ2n) is 3.54. The number of aryl methyl sites for hydroxylation is 1. The molecule has 0 aliphatic carbocycles. The first-order chi connectivity index (χ1) is 7.06. The molecule has 0 spiro atoms. The van der Waals surface area contributed by atoms with Crippen LogP contribution in [0.25, 0.3) is 0 Å². The molecule has 0 aliphatic heterocycles. The topological polar surface area (TPSA) is 26.0 Å². The van der Waals surface area contributed by atoms with Crippen molar-refractivity contribution in [3.05, 3.63) is 34.4 Å². The van der Waals surface area contributed by atoms with Crippen LogP contribution in [0, 0.1) is 11.6 Å². The molecule has 1 aromatic carbocycles. The van der Waals surface area contributed by atoms with Crippen LogP contribution < -0.4 is 5.73 Å². The summed E-state index contributed by atoms with van der Waals surface area (Å²) in [5.41, 5.74) is 6.03. The molecule has 0 fully saturated rings. The zero-order valence-electron chi connectivity index (χ0n) is 8.97. The zero-order valence-corrected chi connectivity index (χ0v) is 10.5. The van der Waals surface area contributed by atoms with Crippen molar-refractivity contribution in [3.63, 3.8) is 0 Å². The molecule has 0 saturated heterocycles. The lowest BCUT2D eigenvalue weighted by Gasteiger charge is -2.09. The molecule has 0 aliphatic rings. The third kappa shape index (κ3) is 3.89. The molecular formula is C11H15Cl2F2N. The van der Waals surface area contributed by atoms with E-state index in [9.17, 15) is 8.78 Å². The average Bonchev–Trinajstić information content (AvgIpc) is 2.24. The van der Waals surface area contributed by atoms with Crippen LogP contribution in [0.3, 0.4) is 0 Å². The number of benzene rings is 1. The third-order valence-electron chi connectivity index (χ3n) is 2.42. The van der Waals surface area contributed by atoms with Crippen molar-refractivity contribution in [2.75, 3.05) is 0 Å². The van der Waals surface area contributed by atoms with Gasteiger partial charge in [-0.05, 0) is 30.9 Å². The van der Waals surface area contributed by atoms with Gasteiger partial charge in [-0.2, -0.15) is 0 Å². The fourth-order valence-electron chi connectivity index (χ4n) is 1.30. The second-order valence-corrected chi connectivity index (χ2v) is 3.95. The highest BCUT2D eigenvalue weighted by Gasteiger charge is 2.12. The number of rotatable bonds is 4. The smallest absolute Gasteiger partial charge is 0.177 e. The first kappa shape index (κ1) is 15.6. The first-order valence-corrected chi connectivity index (χ1v) is 5.32. The molecule has 0 heterocycles. The monoisotopic (exact) mass is 269 g/mol. The molecule has 0 amide bonds. The van der Waals surface area contributed by atoms with E-state index >= 15 is 0 Å². The normalized spacial score (nSPS) is 12.1. The van der Waals surface area contributed by atoms with E-state index in [0.717, 1.165) is 6.42 Å². The summed E-state index contributed by atoms with van der Waals surface area (Å²) in [6, 6.07) is 2.90. The molecule has 5 heteroatoms. The van der Waals surface area contributed by atoms with Gasteiger partial charge in [0.15, 0.2) is 11.6 Å². The average molecular weight is 270 g/mol. The molecule has 0 saturated carbocycles. The third-order valence-corrected chi connectivity index (χ3v) is 2.72. The van der Waals surface area contributed by atoms with E-state index in [0.29, 0.717) is 18.4 Å². The van der Waals surface area contributed by atoms with Gasteiger partial charge < -0.3 is 5.73 Å². The molecule has 0 aromatic heterocycles. The predicted octanol–water partition coefficient (Wildman–Crippen LogP) is 3.71. The van der Waals surface area contributed by atoms with Gasteiger partial charge in [0.2, 0.25) is 0 Å². The minimum atomic E-state index is -0.973. The van der Waals surface area contributed by atoms with Crippen LogP contribution in [0.5, 0.6) is 0 Å². The minimum Gasteiger partial charge on any atom is -0.328 e.